The number of carbonyl (C=O) groups excluding carboxylic acids is 1. The summed E-state index contributed by atoms with van der Waals surface area (Å²) in [6.45, 7) is 12.0. The van der Waals surface area contributed by atoms with Crippen molar-refractivity contribution >= 4 is 17.4 Å². The molecule has 3 rings (SSSR count). The summed E-state index contributed by atoms with van der Waals surface area (Å²) in [7, 11) is 0. The van der Waals surface area contributed by atoms with E-state index in [4.69, 9.17) is 5.73 Å². The summed E-state index contributed by atoms with van der Waals surface area (Å²) in [5.41, 5.74) is 7.02. The van der Waals surface area contributed by atoms with Crippen LogP contribution in [0.4, 0.5) is 11.6 Å². The fourth-order valence-electron chi connectivity index (χ4n) is 3.39. The number of anilines is 2. The van der Waals surface area contributed by atoms with E-state index in [1.807, 2.05) is 12.1 Å². The molecule has 0 radical (unpaired) electrons. The molecular weight excluding hydrogens is 350 g/mol. The van der Waals surface area contributed by atoms with Crippen LogP contribution in [0.3, 0.4) is 0 Å². The highest BCUT2D eigenvalue weighted by molar-refractivity contribution is 6.10. The smallest absolute Gasteiger partial charge is 0.215 e. The summed E-state index contributed by atoms with van der Waals surface area (Å²) in [4.78, 5) is 26.3. The molecule has 2 N–H and O–H groups in total. The normalized spacial score (nSPS) is 16.0. The number of nitrogen functional groups attached to an aromatic ring is 1. The van der Waals surface area contributed by atoms with Crippen LogP contribution in [-0.4, -0.2) is 53.4 Å². The molecule has 1 saturated heterocycles. The molecule has 2 aromatic rings. The average molecular weight is 382 g/mol. The molecule has 150 valence electrons. The molecule has 1 fully saturated rings. The number of ketones is 1. The lowest BCUT2D eigenvalue weighted by molar-refractivity contribution is 0.103. The summed E-state index contributed by atoms with van der Waals surface area (Å²) in [6, 6.07) is 9.02. The summed E-state index contributed by atoms with van der Waals surface area (Å²) >= 11 is 0. The maximum Gasteiger partial charge on any atom is 0.215 e. The Morgan fingerprint density at radius 1 is 1.11 bits per heavy atom. The van der Waals surface area contributed by atoms with Gasteiger partial charge in [-0.25, -0.2) is 9.97 Å². The fraction of sp³-hybridized carbons (Fsp3) is 0.500. The molecule has 0 unspecified atom stereocenters. The van der Waals surface area contributed by atoms with Crippen LogP contribution in [0.5, 0.6) is 0 Å². The molecule has 0 spiro atoms. The minimum absolute atomic E-state index is 0.186. The summed E-state index contributed by atoms with van der Waals surface area (Å²) in [5, 5.41) is 0. The van der Waals surface area contributed by atoms with Gasteiger partial charge in [0.2, 0.25) is 5.78 Å². The predicted octanol–water partition coefficient (Wildman–Crippen LogP) is 3.24. The predicted molar refractivity (Wildman–Crippen MR) is 114 cm³/mol. The zero-order valence-electron chi connectivity index (χ0n) is 17.2. The molecule has 28 heavy (non-hydrogen) atoms. The fourth-order valence-corrected chi connectivity index (χ4v) is 3.39. The minimum Gasteiger partial charge on any atom is -0.383 e. The number of hydrogen-bond donors (Lipinski definition) is 1. The average Bonchev–Trinajstić information content (AvgIpc) is 2.91. The zero-order chi connectivity index (χ0) is 20.1. The van der Waals surface area contributed by atoms with Gasteiger partial charge in [-0.15, -0.1) is 0 Å². The lowest BCUT2D eigenvalue weighted by atomic mass is 9.92. The number of aromatic nitrogens is 2. The molecule has 1 aliphatic rings. The van der Waals surface area contributed by atoms with Crippen LogP contribution in [0.2, 0.25) is 0 Å². The Kier molecular flexibility index (Phi) is 6.29. The largest absolute Gasteiger partial charge is 0.383 e. The SMILES string of the molecule is CC(C)(C)CCN1CCCN(c2cccc(C(=O)c3cccnc3N)n2)CC1. The third-order valence-electron chi connectivity index (χ3n) is 5.14. The molecule has 0 aromatic carbocycles. The Hall–Kier alpha value is -2.47. The van der Waals surface area contributed by atoms with Crippen molar-refractivity contribution in [3.63, 3.8) is 0 Å². The first kappa shape index (κ1) is 20.3. The van der Waals surface area contributed by atoms with Gasteiger partial charge in [-0.1, -0.05) is 26.8 Å². The third-order valence-corrected chi connectivity index (χ3v) is 5.14. The van der Waals surface area contributed by atoms with Crippen molar-refractivity contribution in [3.05, 3.63) is 47.8 Å². The Morgan fingerprint density at radius 2 is 1.93 bits per heavy atom. The van der Waals surface area contributed by atoms with Gasteiger partial charge in [-0.2, -0.15) is 0 Å². The van der Waals surface area contributed by atoms with E-state index in [9.17, 15) is 4.79 Å². The van der Waals surface area contributed by atoms with E-state index < -0.39 is 0 Å². The monoisotopic (exact) mass is 381 g/mol. The Morgan fingerprint density at radius 3 is 2.68 bits per heavy atom. The van der Waals surface area contributed by atoms with Gasteiger partial charge in [0.25, 0.3) is 0 Å². The van der Waals surface area contributed by atoms with Gasteiger partial charge in [0.1, 0.15) is 17.3 Å². The summed E-state index contributed by atoms with van der Waals surface area (Å²) < 4.78 is 0. The maximum atomic E-state index is 12.8. The second kappa shape index (κ2) is 8.69. The van der Waals surface area contributed by atoms with Crippen molar-refractivity contribution in [1.82, 2.24) is 14.9 Å². The first-order valence-corrected chi connectivity index (χ1v) is 10.0. The highest BCUT2D eigenvalue weighted by Gasteiger charge is 2.20. The van der Waals surface area contributed by atoms with Gasteiger partial charge in [0.15, 0.2) is 0 Å². The molecule has 0 bridgehead atoms. The van der Waals surface area contributed by atoms with Crippen molar-refractivity contribution in [3.8, 4) is 0 Å². The number of nitrogens with zero attached hydrogens (tertiary/aromatic N) is 4. The highest BCUT2D eigenvalue weighted by atomic mass is 16.1. The number of pyridine rings is 2. The molecule has 0 aliphatic carbocycles. The summed E-state index contributed by atoms with van der Waals surface area (Å²) in [6.07, 6.45) is 3.87. The molecule has 3 heterocycles. The van der Waals surface area contributed by atoms with Crippen LogP contribution < -0.4 is 10.6 Å². The van der Waals surface area contributed by atoms with E-state index in [2.05, 4.69) is 40.5 Å². The van der Waals surface area contributed by atoms with E-state index >= 15 is 0 Å². The van der Waals surface area contributed by atoms with E-state index in [0.29, 0.717) is 16.7 Å². The number of rotatable bonds is 5. The van der Waals surface area contributed by atoms with Gasteiger partial charge in [0.05, 0.1) is 5.56 Å². The molecule has 2 aromatic heterocycles. The second-order valence-electron chi connectivity index (χ2n) is 8.64. The Bertz CT molecular complexity index is 815. The van der Waals surface area contributed by atoms with Crippen molar-refractivity contribution in [1.29, 1.82) is 0 Å². The molecule has 0 atom stereocenters. The van der Waals surface area contributed by atoms with E-state index in [0.717, 1.165) is 45.0 Å². The maximum absolute atomic E-state index is 12.8. The van der Waals surface area contributed by atoms with Gasteiger partial charge in [-0.3, -0.25) is 4.79 Å². The molecule has 6 heteroatoms. The highest BCUT2D eigenvalue weighted by Crippen LogP contribution is 2.21. The lowest BCUT2D eigenvalue weighted by Crippen LogP contribution is -2.33. The van der Waals surface area contributed by atoms with Crippen LogP contribution in [0, 0.1) is 5.41 Å². The van der Waals surface area contributed by atoms with Crippen LogP contribution >= 0.6 is 0 Å². The van der Waals surface area contributed by atoms with Crippen LogP contribution in [0.15, 0.2) is 36.5 Å². The first-order valence-electron chi connectivity index (χ1n) is 10.0. The van der Waals surface area contributed by atoms with Crippen molar-refractivity contribution in [2.24, 2.45) is 5.41 Å². The van der Waals surface area contributed by atoms with Crippen molar-refractivity contribution < 1.29 is 4.79 Å². The van der Waals surface area contributed by atoms with Crippen LogP contribution in [0.1, 0.15) is 49.7 Å². The van der Waals surface area contributed by atoms with Crippen molar-refractivity contribution in [2.75, 3.05) is 43.4 Å². The molecule has 0 amide bonds. The van der Waals surface area contributed by atoms with E-state index in [-0.39, 0.29) is 11.6 Å². The molecule has 1 aliphatic heterocycles. The standard InChI is InChI=1S/C22H31N5O/c1-22(2,3)10-14-26-12-6-13-27(16-15-26)19-9-4-8-18(25-19)20(28)17-7-5-11-24-21(17)23/h4-5,7-9,11H,6,10,12-16H2,1-3H3,(H2,23,24). The van der Waals surface area contributed by atoms with Crippen LogP contribution in [0.25, 0.3) is 0 Å². The zero-order valence-corrected chi connectivity index (χ0v) is 17.2. The molecular formula is C22H31N5O. The lowest BCUT2D eigenvalue weighted by Gasteiger charge is -2.26. The minimum atomic E-state index is -0.186. The van der Waals surface area contributed by atoms with Crippen LogP contribution in [-0.2, 0) is 0 Å². The molecule has 0 saturated carbocycles. The van der Waals surface area contributed by atoms with E-state index in [1.54, 1.807) is 24.4 Å². The number of hydrogen-bond acceptors (Lipinski definition) is 6. The van der Waals surface area contributed by atoms with Crippen molar-refractivity contribution in [2.45, 2.75) is 33.6 Å². The second-order valence-corrected chi connectivity index (χ2v) is 8.64. The van der Waals surface area contributed by atoms with Gasteiger partial charge >= 0.3 is 0 Å². The topological polar surface area (TPSA) is 75.3 Å². The summed E-state index contributed by atoms with van der Waals surface area (Å²) in [5.74, 6) is 0.907. The number of carbonyl (C=O) groups is 1. The Labute approximate surface area is 167 Å². The first-order chi connectivity index (χ1) is 13.3. The third kappa shape index (κ3) is 5.29. The van der Waals surface area contributed by atoms with Gasteiger partial charge in [-0.05, 0) is 55.6 Å². The van der Waals surface area contributed by atoms with E-state index in [1.165, 1.54) is 6.42 Å². The number of nitrogens with two attached hydrogens (primary N) is 1. The molecule has 6 nitrogen and oxygen atoms in total. The quantitative estimate of drug-likeness (QED) is 0.802. The van der Waals surface area contributed by atoms with Gasteiger partial charge in [0, 0.05) is 25.8 Å². The van der Waals surface area contributed by atoms with Gasteiger partial charge < -0.3 is 15.5 Å². The Balaban J connectivity index is 1.69.